The predicted molar refractivity (Wildman–Crippen MR) is 127 cm³/mol. The van der Waals surface area contributed by atoms with Crippen LogP contribution in [0.3, 0.4) is 0 Å². The summed E-state index contributed by atoms with van der Waals surface area (Å²) in [6, 6.07) is 0. The average Bonchev–Trinajstić information content (AvgIpc) is 3.30. The summed E-state index contributed by atoms with van der Waals surface area (Å²) in [5.41, 5.74) is 0. The number of hydrogen-bond donors (Lipinski definition) is 2. The van der Waals surface area contributed by atoms with E-state index >= 15 is 0 Å². The summed E-state index contributed by atoms with van der Waals surface area (Å²) >= 11 is 1.85. The third-order valence-electron chi connectivity index (χ3n) is 4.50. The zero-order chi connectivity index (χ0) is 19.3. The van der Waals surface area contributed by atoms with E-state index in [0.717, 1.165) is 75.9 Å². The number of amides is 1. The summed E-state index contributed by atoms with van der Waals surface area (Å²) in [6.45, 7) is 6.99. The van der Waals surface area contributed by atoms with Crippen LogP contribution in [-0.2, 0) is 17.8 Å². The van der Waals surface area contributed by atoms with Crippen LogP contribution in [0.4, 0.5) is 0 Å². The van der Waals surface area contributed by atoms with Gasteiger partial charge in [0.05, 0.1) is 0 Å². The van der Waals surface area contributed by atoms with Crippen molar-refractivity contribution in [1.82, 2.24) is 30.3 Å². The maximum atomic E-state index is 11.7. The summed E-state index contributed by atoms with van der Waals surface area (Å²) in [5, 5.41) is 14.9. The van der Waals surface area contributed by atoms with Gasteiger partial charge in [-0.3, -0.25) is 9.79 Å². The van der Waals surface area contributed by atoms with Gasteiger partial charge in [-0.1, -0.05) is 6.92 Å². The van der Waals surface area contributed by atoms with Crippen LogP contribution >= 0.6 is 35.7 Å². The molecular weight excluding hydrogens is 489 g/mol. The van der Waals surface area contributed by atoms with Crippen LogP contribution in [-0.4, -0.2) is 76.3 Å². The van der Waals surface area contributed by atoms with Crippen LogP contribution in [0.2, 0.25) is 0 Å². The number of aryl methyl sites for hydroxylation is 1. The summed E-state index contributed by atoms with van der Waals surface area (Å²) in [4.78, 5) is 18.3. The van der Waals surface area contributed by atoms with Gasteiger partial charge in [0.1, 0.15) is 12.2 Å². The Hall–Kier alpha value is -1.04. The maximum absolute atomic E-state index is 11.7. The van der Waals surface area contributed by atoms with Gasteiger partial charge >= 0.3 is 0 Å². The van der Waals surface area contributed by atoms with Crippen LogP contribution < -0.4 is 10.6 Å². The minimum absolute atomic E-state index is 0. The lowest BCUT2D eigenvalue weighted by atomic mass is 10.4. The predicted octanol–water partition coefficient (Wildman–Crippen LogP) is 1.76. The molecule has 0 radical (unpaired) electrons. The van der Waals surface area contributed by atoms with E-state index in [4.69, 9.17) is 0 Å². The van der Waals surface area contributed by atoms with E-state index in [0.29, 0.717) is 13.0 Å². The van der Waals surface area contributed by atoms with Crippen molar-refractivity contribution in [2.45, 2.75) is 45.6 Å². The number of carbonyl (C=O) groups is 1. The quantitative estimate of drug-likeness (QED) is 0.188. The van der Waals surface area contributed by atoms with Gasteiger partial charge in [0.25, 0.3) is 0 Å². The van der Waals surface area contributed by atoms with Gasteiger partial charge in [0.2, 0.25) is 5.91 Å². The van der Waals surface area contributed by atoms with E-state index in [2.05, 4.69) is 43.6 Å². The van der Waals surface area contributed by atoms with Gasteiger partial charge in [0.15, 0.2) is 5.96 Å². The first-order valence-corrected chi connectivity index (χ1v) is 11.3. The fourth-order valence-electron chi connectivity index (χ4n) is 3.02. The standard InChI is InChI=1S/C18H33N7OS.HI/c1-3-16-23-22-15-25(16)13-10-21-18(20-9-6-14-27-2)19-8-5-12-24-11-4-7-17(24)26;/h15H,3-14H2,1-2H3,(H2,19,20,21);1H. The van der Waals surface area contributed by atoms with E-state index in [1.54, 1.807) is 6.33 Å². The third-order valence-corrected chi connectivity index (χ3v) is 5.20. The van der Waals surface area contributed by atoms with Crippen molar-refractivity contribution in [3.8, 4) is 0 Å². The Kier molecular flexibility index (Phi) is 13.3. The zero-order valence-corrected chi connectivity index (χ0v) is 20.2. The lowest BCUT2D eigenvalue weighted by molar-refractivity contribution is -0.127. The zero-order valence-electron chi connectivity index (χ0n) is 17.0. The minimum atomic E-state index is 0. The highest BCUT2D eigenvalue weighted by atomic mass is 127. The highest BCUT2D eigenvalue weighted by molar-refractivity contribution is 14.0. The third kappa shape index (κ3) is 8.97. The molecule has 0 aliphatic carbocycles. The van der Waals surface area contributed by atoms with Gasteiger partial charge < -0.3 is 20.1 Å². The van der Waals surface area contributed by atoms with Crippen molar-refractivity contribution in [3.05, 3.63) is 12.2 Å². The first kappa shape index (κ1) is 25.0. The van der Waals surface area contributed by atoms with Crippen LogP contribution in [0.1, 0.15) is 38.4 Å². The second-order valence-electron chi connectivity index (χ2n) is 6.56. The Labute approximate surface area is 189 Å². The lowest BCUT2D eigenvalue weighted by Crippen LogP contribution is -2.40. The first-order chi connectivity index (χ1) is 13.2. The van der Waals surface area contributed by atoms with Crippen LogP contribution in [0.15, 0.2) is 11.3 Å². The molecule has 1 aromatic heterocycles. The molecule has 1 aromatic rings. The van der Waals surface area contributed by atoms with E-state index < -0.39 is 0 Å². The number of rotatable bonds is 12. The smallest absolute Gasteiger partial charge is 0.222 e. The summed E-state index contributed by atoms with van der Waals surface area (Å²) < 4.78 is 2.07. The maximum Gasteiger partial charge on any atom is 0.222 e. The molecular formula is C18H34IN7OS. The Balaban J connectivity index is 0.00000392. The van der Waals surface area contributed by atoms with Crippen molar-refractivity contribution in [2.24, 2.45) is 4.99 Å². The molecule has 0 bridgehead atoms. The number of aliphatic imine (C=N–C) groups is 1. The molecule has 28 heavy (non-hydrogen) atoms. The molecule has 2 heterocycles. The number of hydrogen-bond acceptors (Lipinski definition) is 5. The number of thioether (sulfide) groups is 1. The first-order valence-electron chi connectivity index (χ1n) is 9.90. The number of aromatic nitrogens is 3. The number of nitrogens with zero attached hydrogens (tertiary/aromatic N) is 5. The van der Waals surface area contributed by atoms with Gasteiger partial charge in [-0.05, 0) is 31.3 Å². The topological polar surface area (TPSA) is 87.4 Å². The van der Waals surface area contributed by atoms with Crippen LogP contribution in [0.25, 0.3) is 0 Å². The van der Waals surface area contributed by atoms with Gasteiger partial charge in [-0.15, -0.1) is 34.2 Å². The molecule has 0 saturated carbocycles. The summed E-state index contributed by atoms with van der Waals surface area (Å²) in [6.07, 6.45) is 8.48. The molecule has 1 amide bonds. The fourth-order valence-corrected chi connectivity index (χ4v) is 3.46. The molecule has 0 aromatic carbocycles. The molecule has 1 aliphatic heterocycles. The largest absolute Gasteiger partial charge is 0.356 e. The normalized spacial score (nSPS) is 14.3. The van der Waals surface area contributed by atoms with Crippen molar-refractivity contribution in [3.63, 3.8) is 0 Å². The Morgan fingerprint density at radius 2 is 2.11 bits per heavy atom. The second kappa shape index (κ2) is 14.9. The molecule has 1 fully saturated rings. The average molecular weight is 523 g/mol. The molecule has 1 saturated heterocycles. The molecule has 1 aliphatic rings. The molecule has 160 valence electrons. The summed E-state index contributed by atoms with van der Waals surface area (Å²) in [5.74, 6) is 3.26. The fraction of sp³-hybridized carbons (Fsp3) is 0.778. The molecule has 8 nitrogen and oxygen atoms in total. The Morgan fingerprint density at radius 3 is 2.82 bits per heavy atom. The van der Waals surface area contributed by atoms with Crippen LogP contribution in [0, 0.1) is 0 Å². The van der Waals surface area contributed by atoms with Crippen molar-refractivity contribution in [1.29, 1.82) is 0 Å². The molecule has 10 heteroatoms. The highest BCUT2D eigenvalue weighted by Crippen LogP contribution is 2.09. The SMILES string of the molecule is CCc1nncn1CCNC(=NCCCN1CCCC1=O)NCCCSC.I. The van der Waals surface area contributed by atoms with E-state index in [1.807, 2.05) is 16.7 Å². The van der Waals surface area contributed by atoms with E-state index in [-0.39, 0.29) is 29.9 Å². The number of carbonyl (C=O) groups excluding carboxylic acids is 1. The molecule has 2 rings (SSSR count). The highest BCUT2D eigenvalue weighted by Gasteiger charge is 2.18. The van der Waals surface area contributed by atoms with Crippen LogP contribution in [0.5, 0.6) is 0 Å². The molecule has 2 N–H and O–H groups in total. The minimum Gasteiger partial charge on any atom is -0.356 e. The Morgan fingerprint density at radius 1 is 1.29 bits per heavy atom. The monoisotopic (exact) mass is 523 g/mol. The Bertz CT molecular complexity index is 596. The van der Waals surface area contributed by atoms with Gasteiger partial charge in [0, 0.05) is 52.1 Å². The lowest BCUT2D eigenvalue weighted by Gasteiger charge is -2.15. The van der Waals surface area contributed by atoms with Crippen molar-refractivity contribution < 1.29 is 4.79 Å². The molecule has 0 spiro atoms. The number of likely N-dealkylation sites (tertiary alicyclic amines) is 1. The summed E-state index contributed by atoms with van der Waals surface area (Å²) in [7, 11) is 0. The van der Waals surface area contributed by atoms with Gasteiger partial charge in [-0.2, -0.15) is 11.8 Å². The number of nitrogens with one attached hydrogen (secondary N) is 2. The van der Waals surface area contributed by atoms with Gasteiger partial charge in [-0.25, -0.2) is 0 Å². The molecule has 0 atom stereocenters. The van der Waals surface area contributed by atoms with Crippen molar-refractivity contribution >= 4 is 47.6 Å². The second-order valence-corrected chi connectivity index (χ2v) is 7.55. The van der Waals surface area contributed by atoms with E-state index in [9.17, 15) is 4.79 Å². The van der Waals surface area contributed by atoms with Crippen molar-refractivity contribution in [2.75, 3.05) is 44.7 Å². The van der Waals surface area contributed by atoms with E-state index in [1.165, 1.54) is 0 Å². The number of halogens is 1. The number of guanidine groups is 1. The molecule has 0 unspecified atom stereocenters.